The first-order valence-corrected chi connectivity index (χ1v) is 5.55. The van der Waals surface area contributed by atoms with Crippen molar-refractivity contribution in [3.8, 4) is 0 Å². The maximum Gasteiger partial charge on any atom is 0.176 e. The fraction of sp³-hybridized carbons (Fsp3) is 0.308. The molecule has 1 aromatic carbocycles. The van der Waals surface area contributed by atoms with Crippen LogP contribution in [0.1, 0.15) is 5.56 Å². The van der Waals surface area contributed by atoms with Gasteiger partial charge in [0.2, 0.25) is 0 Å². The van der Waals surface area contributed by atoms with Gasteiger partial charge in [0.1, 0.15) is 0 Å². The number of fused-ring (bicyclic) bond motifs is 1. The van der Waals surface area contributed by atoms with Gasteiger partial charge in [-0.05, 0) is 11.6 Å². The number of benzene rings is 1. The molecule has 1 unspecified atom stereocenters. The first-order valence-electron chi connectivity index (χ1n) is 5.55. The maximum atomic E-state index is 11.2. The molecule has 3 heteroatoms. The molecule has 1 aromatic rings. The van der Waals surface area contributed by atoms with Crippen molar-refractivity contribution in [2.45, 2.75) is 12.5 Å². The molecule has 1 atom stereocenters. The van der Waals surface area contributed by atoms with Crippen molar-refractivity contribution >= 4 is 11.5 Å². The molecule has 2 heterocycles. The molecule has 3 nitrogen and oxygen atoms in total. The van der Waals surface area contributed by atoms with E-state index < -0.39 is 0 Å². The number of ketones is 1. The maximum absolute atomic E-state index is 11.2. The van der Waals surface area contributed by atoms with E-state index in [0.717, 1.165) is 12.1 Å². The van der Waals surface area contributed by atoms with Crippen molar-refractivity contribution in [2.75, 3.05) is 18.5 Å². The van der Waals surface area contributed by atoms with Crippen molar-refractivity contribution in [3.63, 3.8) is 0 Å². The zero-order valence-corrected chi connectivity index (χ0v) is 9.23. The molecule has 0 aliphatic carbocycles. The lowest BCUT2D eigenvalue weighted by molar-refractivity contribution is -0.113. The van der Waals surface area contributed by atoms with Crippen molar-refractivity contribution in [2.24, 2.45) is 0 Å². The number of hydrogen-bond acceptors (Lipinski definition) is 3. The molecule has 0 bridgehead atoms. The second-order valence-electron chi connectivity index (χ2n) is 4.38. The van der Waals surface area contributed by atoms with Gasteiger partial charge >= 0.3 is 0 Å². The summed E-state index contributed by atoms with van der Waals surface area (Å²) in [6, 6.07) is 8.70. The number of hydrogen-bond donors (Lipinski definition) is 1. The van der Waals surface area contributed by atoms with E-state index in [1.165, 1.54) is 11.3 Å². The Morgan fingerprint density at radius 2 is 2.19 bits per heavy atom. The number of carbonyl (C=O) groups is 1. The molecule has 2 aliphatic rings. The third-order valence-electron chi connectivity index (χ3n) is 3.39. The summed E-state index contributed by atoms with van der Waals surface area (Å²) in [6.07, 6.45) is 2.73. The van der Waals surface area contributed by atoms with Gasteiger partial charge in [-0.15, -0.1) is 0 Å². The predicted octanol–water partition coefficient (Wildman–Crippen LogP) is 1.10. The van der Waals surface area contributed by atoms with Crippen LogP contribution in [0, 0.1) is 0 Å². The van der Waals surface area contributed by atoms with E-state index in [-0.39, 0.29) is 5.78 Å². The average molecular weight is 214 g/mol. The molecule has 0 spiro atoms. The molecule has 3 rings (SSSR count). The zero-order valence-electron chi connectivity index (χ0n) is 9.23. The zero-order chi connectivity index (χ0) is 11.1. The van der Waals surface area contributed by atoms with Crippen molar-refractivity contribution in [1.82, 2.24) is 5.32 Å². The second kappa shape index (κ2) is 3.37. The van der Waals surface area contributed by atoms with Gasteiger partial charge in [-0.25, -0.2) is 0 Å². The normalized spacial score (nSPS) is 23.1. The summed E-state index contributed by atoms with van der Waals surface area (Å²) in [6.45, 7) is 0.454. The summed E-state index contributed by atoms with van der Waals surface area (Å²) < 4.78 is 0. The summed E-state index contributed by atoms with van der Waals surface area (Å²) in [4.78, 5) is 13.5. The van der Waals surface area contributed by atoms with Gasteiger partial charge in [-0.1, -0.05) is 18.2 Å². The Morgan fingerprint density at radius 1 is 1.38 bits per heavy atom. The molecule has 0 saturated heterocycles. The monoisotopic (exact) mass is 214 g/mol. The highest BCUT2D eigenvalue weighted by molar-refractivity contribution is 5.95. The van der Waals surface area contributed by atoms with Crippen LogP contribution in [0.3, 0.4) is 0 Å². The Kier molecular flexibility index (Phi) is 1.99. The van der Waals surface area contributed by atoms with E-state index in [1.807, 2.05) is 0 Å². The van der Waals surface area contributed by atoms with Crippen LogP contribution in [0.25, 0.3) is 0 Å². The molecule has 0 aromatic heterocycles. The molecule has 0 amide bonds. The number of rotatable bonds is 1. The van der Waals surface area contributed by atoms with Crippen molar-refractivity contribution in [1.29, 1.82) is 0 Å². The highest BCUT2D eigenvalue weighted by Crippen LogP contribution is 2.33. The molecular formula is C13H14N2O. The number of anilines is 1. The Balaban J connectivity index is 1.93. The van der Waals surface area contributed by atoms with Gasteiger partial charge in [0.25, 0.3) is 0 Å². The van der Waals surface area contributed by atoms with Crippen LogP contribution in [-0.4, -0.2) is 25.4 Å². The van der Waals surface area contributed by atoms with Gasteiger partial charge in [0.05, 0.1) is 12.6 Å². The molecule has 0 saturated carbocycles. The molecule has 82 valence electrons. The van der Waals surface area contributed by atoms with E-state index in [4.69, 9.17) is 0 Å². The Bertz CT molecular complexity index is 479. The quantitative estimate of drug-likeness (QED) is 0.760. The number of nitrogens with zero attached hydrogens (tertiary/aromatic N) is 1. The van der Waals surface area contributed by atoms with Crippen LogP contribution in [0.15, 0.2) is 36.0 Å². The lowest BCUT2D eigenvalue weighted by Gasteiger charge is -2.23. The van der Waals surface area contributed by atoms with Crippen LogP contribution >= 0.6 is 0 Å². The first-order chi connectivity index (χ1) is 7.75. The van der Waals surface area contributed by atoms with Crippen molar-refractivity contribution in [3.05, 3.63) is 41.6 Å². The van der Waals surface area contributed by atoms with Crippen LogP contribution in [0.4, 0.5) is 5.69 Å². The fourth-order valence-electron chi connectivity index (χ4n) is 2.54. The highest BCUT2D eigenvalue weighted by Gasteiger charge is 2.31. The molecular weight excluding hydrogens is 200 g/mol. The second-order valence-corrected chi connectivity index (χ2v) is 4.38. The van der Waals surface area contributed by atoms with Crippen LogP contribution < -0.4 is 10.2 Å². The molecule has 0 radical (unpaired) electrons. The molecule has 1 N–H and O–H groups in total. The van der Waals surface area contributed by atoms with E-state index in [1.54, 1.807) is 6.08 Å². The highest BCUT2D eigenvalue weighted by atomic mass is 16.1. The minimum Gasteiger partial charge on any atom is -0.379 e. The fourth-order valence-corrected chi connectivity index (χ4v) is 2.54. The molecule has 0 fully saturated rings. The third kappa shape index (κ3) is 1.32. The first kappa shape index (κ1) is 9.46. The summed E-state index contributed by atoms with van der Waals surface area (Å²) >= 11 is 0. The van der Waals surface area contributed by atoms with Crippen LogP contribution in [0.5, 0.6) is 0 Å². The van der Waals surface area contributed by atoms with Gasteiger partial charge in [-0.2, -0.15) is 0 Å². The standard InChI is InChI=1S/C13H14N2O/c1-15-12-5-3-2-4-9(12)6-13(15)11-7-10(16)8-14-11/h2-5,7,13-14H,6,8H2,1H3. The number of nitrogens with one attached hydrogen (secondary N) is 1. The Hall–Kier alpha value is -1.77. The average Bonchev–Trinajstić information content (AvgIpc) is 2.84. The third-order valence-corrected chi connectivity index (χ3v) is 3.39. The molecule has 2 aliphatic heterocycles. The predicted molar refractivity (Wildman–Crippen MR) is 63.4 cm³/mol. The lowest BCUT2D eigenvalue weighted by Crippen LogP contribution is -2.34. The topological polar surface area (TPSA) is 32.3 Å². The van der Waals surface area contributed by atoms with Crippen LogP contribution in [-0.2, 0) is 11.2 Å². The minimum absolute atomic E-state index is 0.180. The summed E-state index contributed by atoms with van der Waals surface area (Å²) in [5.74, 6) is 0.180. The summed E-state index contributed by atoms with van der Waals surface area (Å²) in [7, 11) is 2.09. The lowest BCUT2D eigenvalue weighted by atomic mass is 10.1. The van der Waals surface area contributed by atoms with Gasteiger partial charge in [0.15, 0.2) is 5.78 Å². The van der Waals surface area contributed by atoms with Crippen molar-refractivity contribution < 1.29 is 4.79 Å². The van der Waals surface area contributed by atoms with Crippen LogP contribution in [0.2, 0.25) is 0 Å². The van der Waals surface area contributed by atoms with E-state index >= 15 is 0 Å². The van der Waals surface area contributed by atoms with E-state index in [0.29, 0.717) is 12.6 Å². The Morgan fingerprint density at radius 3 is 2.88 bits per heavy atom. The largest absolute Gasteiger partial charge is 0.379 e. The summed E-state index contributed by atoms with van der Waals surface area (Å²) in [5, 5.41) is 3.18. The van der Waals surface area contributed by atoms with E-state index in [9.17, 15) is 4.79 Å². The number of likely N-dealkylation sites (N-methyl/N-ethyl adjacent to an activating group) is 1. The van der Waals surface area contributed by atoms with Gasteiger partial charge in [-0.3, -0.25) is 4.79 Å². The smallest absolute Gasteiger partial charge is 0.176 e. The van der Waals surface area contributed by atoms with E-state index in [2.05, 4.69) is 41.5 Å². The SMILES string of the molecule is CN1c2ccccc2CC1C1=CC(=O)CN1. The van der Waals surface area contributed by atoms with Gasteiger partial charge in [0, 0.05) is 30.9 Å². The van der Waals surface area contributed by atoms with Gasteiger partial charge < -0.3 is 10.2 Å². The summed E-state index contributed by atoms with van der Waals surface area (Å²) in [5.41, 5.74) is 3.69. The minimum atomic E-state index is 0.180. The number of para-hydroxylation sites is 1. The number of carbonyl (C=O) groups excluding carboxylic acids is 1. The Labute approximate surface area is 94.8 Å². The molecule has 16 heavy (non-hydrogen) atoms.